The monoisotopic (exact) mass is 569 g/mol. The first-order valence-electron chi connectivity index (χ1n) is 13.3. The lowest BCUT2D eigenvalue weighted by Crippen LogP contribution is -2.30. The summed E-state index contributed by atoms with van der Waals surface area (Å²) >= 11 is 6.43. The van der Waals surface area contributed by atoms with Gasteiger partial charge in [-0.25, -0.2) is 13.4 Å². The van der Waals surface area contributed by atoms with E-state index in [9.17, 15) is 8.42 Å². The lowest BCUT2D eigenvalue weighted by atomic mass is 9.85. The van der Waals surface area contributed by atoms with Crippen LogP contribution in [0.5, 0.6) is 5.75 Å². The molecule has 1 aliphatic rings. The predicted octanol–water partition coefficient (Wildman–Crippen LogP) is 5.62. The summed E-state index contributed by atoms with van der Waals surface area (Å²) in [6.07, 6.45) is 3.71. The van der Waals surface area contributed by atoms with Gasteiger partial charge in [-0.15, -0.1) is 0 Å². The highest BCUT2D eigenvalue weighted by Gasteiger charge is 2.24. The number of nitrogens with zero attached hydrogens (tertiary/aromatic N) is 3. The van der Waals surface area contributed by atoms with E-state index in [2.05, 4.69) is 52.5 Å². The fraction of sp³-hybridized carbons (Fsp3) is 0.429. The number of piperidine rings is 1. The summed E-state index contributed by atoms with van der Waals surface area (Å²) in [5.74, 6) is 1.85. The van der Waals surface area contributed by atoms with E-state index in [1.807, 2.05) is 13.8 Å². The maximum absolute atomic E-state index is 12.9. The van der Waals surface area contributed by atoms with E-state index in [0.717, 1.165) is 37.4 Å². The van der Waals surface area contributed by atoms with Crippen LogP contribution < -0.4 is 15.4 Å². The van der Waals surface area contributed by atoms with Gasteiger partial charge in [0.15, 0.2) is 23.6 Å². The first-order chi connectivity index (χ1) is 18.5. The number of rotatable bonds is 9. The Morgan fingerprint density at radius 3 is 2.44 bits per heavy atom. The van der Waals surface area contributed by atoms with Crippen LogP contribution in [0.2, 0.25) is 5.02 Å². The standard InChI is InChI=1S/C28H37BClN5O3S/c1-17(2)38-25-15-21(20-10-12-35(29)13-11-20)19(5)14-24(25)33-28-31-16-22(30)27(34-28)32-23-8-6-7-9-26(23)39(36,37)18(3)4/h6-9,14-18,20H,10-13,29H2,1-5H3,(H2,31,32,33,34). The van der Waals surface area contributed by atoms with Gasteiger partial charge in [-0.3, -0.25) is 0 Å². The van der Waals surface area contributed by atoms with Gasteiger partial charge in [0.2, 0.25) is 5.95 Å². The largest absolute Gasteiger partial charge is 0.489 e. The lowest BCUT2D eigenvalue weighted by molar-refractivity contribution is 0.243. The van der Waals surface area contributed by atoms with Gasteiger partial charge in [0.1, 0.15) is 10.8 Å². The number of para-hydroxylation sites is 1. The molecule has 1 aromatic heterocycles. The number of hydrogen-bond donors (Lipinski definition) is 2. The number of nitrogens with one attached hydrogen (secondary N) is 2. The second-order valence-corrected chi connectivity index (χ2v) is 13.6. The van der Waals surface area contributed by atoms with Crippen LogP contribution in [0.1, 0.15) is 57.6 Å². The molecule has 4 rings (SSSR count). The number of hydrogen-bond acceptors (Lipinski definition) is 8. The summed E-state index contributed by atoms with van der Waals surface area (Å²) in [5, 5.41) is 6.10. The summed E-state index contributed by atoms with van der Waals surface area (Å²) in [5.41, 5.74) is 3.66. The quantitative estimate of drug-likeness (QED) is 0.321. The number of sulfone groups is 1. The van der Waals surface area contributed by atoms with Crippen LogP contribution in [-0.4, -0.2) is 55.6 Å². The minimum absolute atomic E-state index is 0.0126. The van der Waals surface area contributed by atoms with Crippen LogP contribution in [0.3, 0.4) is 0 Å². The molecule has 1 aliphatic heterocycles. The van der Waals surface area contributed by atoms with Crippen LogP contribution in [0, 0.1) is 6.92 Å². The molecule has 0 aliphatic carbocycles. The number of anilines is 4. The summed E-state index contributed by atoms with van der Waals surface area (Å²) in [4.78, 5) is 11.5. The van der Waals surface area contributed by atoms with Crippen molar-refractivity contribution in [2.75, 3.05) is 23.7 Å². The van der Waals surface area contributed by atoms with Gasteiger partial charge in [-0.05, 0) is 102 Å². The minimum atomic E-state index is -3.52. The molecule has 0 radical (unpaired) electrons. The van der Waals surface area contributed by atoms with Crippen molar-refractivity contribution in [2.24, 2.45) is 0 Å². The Bertz CT molecular complexity index is 1430. The van der Waals surface area contributed by atoms with Crippen molar-refractivity contribution >= 4 is 52.6 Å². The van der Waals surface area contributed by atoms with E-state index < -0.39 is 15.1 Å². The summed E-state index contributed by atoms with van der Waals surface area (Å²) in [7, 11) is -1.35. The Balaban J connectivity index is 1.65. The topological polar surface area (TPSA) is 96.5 Å². The molecule has 8 nitrogen and oxygen atoms in total. The molecule has 208 valence electrons. The van der Waals surface area contributed by atoms with Gasteiger partial charge in [-0.1, -0.05) is 23.7 Å². The zero-order chi connectivity index (χ0) is 28.3. The molecule has 11 heteroatoms. The minimum Gasteiger partial charge on any atom is -0.489 e. The zero-order valence-electron chi connectivity index (χ0n) is 23.5. The molecule has 0 bridgehead atoms. The highest BCUT2D eigenvalue weighted by Crippen LogP contribution is 2.38. The van der Waals surface area contributed by atoms with Crippen LogP contribution in [-0.2, 0) is 9.84 Å². The number of ether oxygens (including phenoxy) is 1. The average molecular weight is 570 g/mol. The van der Waals surface area contributed by atoms with Crippen molar-refractivity contribution in [3.8, 4) is 5.75 Å². The molecular weight excluding hydrogens is 533 g/mol. The second-order valence-electron chi connectivity index (χ2n) is 10.7. The van der Waals surface area contributed by atoms with Crippen molar-refractivity contribution < 1.29 is 13.2 Å². The molecule has 0 saturated carbocycles. The Morgan fingerprint density at radius 1 is 1.08 bits per heavy atom. The lowest BCUT2D eigenvalue weighted by Gasteiger charge is -2.31. The molecule has 1 saturated heterocycles. The Labute approximate surface area is 237 Å². The molecule has 2 heterocycles. The fourth-order valence-electron chi connectivity index (χ4n) is 4.75. The highest BCUT2D eigenvalue weighted by atomic mass is 35.5. The van der Waals surface area contributed by atoms with Crippen LogP contribution in [0.25, 0.3) is 0 Å². The third-order valence-electron chi connectivity index (χ3n) is 6.95. The van der Waals surface area contributed by atoms with Gasteiger partial charge >= 0.3 is 0 Å². The third kappa shape index (κ3) is 6.85. The van der Waals surface area contributed by atoms with Crippen LogP contribution in [0.15, 0.2) is 47.5 Å². The zero-order valence-corrected chi connectivity index (χ0v) is 25.0. The summed E-state index contributed by atoms with van der Waals surface area (Å²) in [6, 6.07) is 11.0. The Hall–Kier alpha value is -2.82. The summed E-state index contributed by atoms with van der Waals surface area (Å²) < 4.78 is 32.0. The van der Waals surface area contributed by atoms with Crippen LogP contribution >= 0.6 is 11.6 Å². The maximum atomic E-state index is 12.9. The van der Waals surface area contributed by atoms with E-state index in [0.29, 0.717) is 23.4 Å². The molecule has 0 amide bonds. The van der Waals surface area contributed by atoms with Gasteiger partial charge in [0, 0.05) is 0 Å². The smallest absolute Gasteiger partial charge is 0.229 e. The SMILES string of the molecule is BN1CCC(c2cc(OC(C)C)c(Nc3ncc(Cl)c(Nc4ccccc4S(=O)(=O)C(C)C)n3)cc2C)CC1. The maximum Gasteiger partial charge on any atom is 0.229 e. The molecule has 39 heavy (non-hydrogen) atoms. The van der Waals surface area contributed by atoms with Crippen molar-refractivity contribution in [1.29, 1.82) is 0 Å². The number of aromatic nitrogens is 2. The molecular formula is C28H37BClN5O3S. The second kappa shape index (κ2) is 12.1. The van der Waals surface area contributed by atoms with Gasteiger partial charge in [0.25, 0.3) is 0 Å². The van der Waals surface area contributed by atoms with E-state index in [1.165, 1.54) is 17.3 Å². The molecule has 0 unspecified atom stereocenters. The normalized spacial score (nSPS) is 15.1. The van der Waals surface area contributed by atoms with Crippen LogP contribution in [0.4, 0.5) is 23.1 Å². The van der Waals surface area contributed by atoms with E-state index in [-0.39, 0.29) is 16.0 Å². The molecule has 0 spiro atoms. The van der Waals surface area contributed by atoms with E-state index in [4.69, 9.17) is 16.3 Å². The molecule has 2 aromatic carbocycles. The van der Waals surface area contributed by atoms with Crippen molar-refractivity contribution in [2.45, 2.75) is 69.6 Å². The van der Waals surface area contributed by atoms with Gasteiger partial charge in [0.05, 0.1) is 33.8 Å². The molecule has 2 N–H and O–H groups in total. The Kier molecular flexibility index (Phi) is 9.09. The van der Waals surface area contributed by atoms with Gasteiger partial charge in [-0.2, -0.15) is 4.98 Å². The number of aryl methyl sites for hydroxylation is 1. The van der Waals surface area contributed by atoms with Crippen molar-refractivity contribution in [3.63, 3.8) is 0 Å². The Morgan fingerprint density at radius 2 is 1.77 bits per heavy atom. The molecule has 3 aromatic rings. The average Bonchev–Trinajstić information content (AvgIpc) is 2.88. The van der Waals surface area contributed by atoms with E-state index in [1.54, 1.807) is 38.1 Å². The number of halogens is 1. The molecule has 1 fully saturated rings. The van der Waals surface area contributed by atoms with E-state index >= 15 is 0 Å². The first kappa shape index (κ1) is 29.2. The van der Waals surface area contributed by atoms with Crippen molar-refractivity contribution in [1.82, 2.24) is 14.8 Å². The first-order valence-corrected chi connectivity index (χ1v) is 15.3. The predicted molar refractivity (Wildman–Crippen MR) is 161 cm³/mol. The van der Waals surface area contributed by atoms with Gasteiger partial charge < -0.3 is 20.2 Å². The number of benzene rings is 2. The van der Waals surface area contributed by atoms with Crippen molar-refractivity contribution in [3.05, 3.63) is 58.7 Å². The third-order valence-corrected chi connectivity index (χ3v) is 9.43. The molecule has 0 atom stereocenters. The summed E-state index contributed by atoms with van der Waals surface area (Å²) in [6.45, 7) is 11.6. The fourth-order valence-corrected chi connectivity index (χ4v) is 6.09. The highest BCUT2D eigenvalue weighted by molar-refractivity contribution is 7.92.